The number of anilines is 1. The molecule has 1 saturated heterocycles. The lowest BCUT2D eigenvalue weighted by Gasteiger charge is -2.36. The maximum Gasteiger partial charge on any atom is 0.220 e. The third kappa shape index (κ3) is 6.53. The number of hydrogen-bond acceptors (Lipinski definition) is 6. The quantitative estimate of drug-likeness (QED) is 0.516. The molecule has 7 nitrogen and oxygen atoms in total. The summed E-state index contributed by atoms with van der Waals surface area (Å²) in [5.74, 6) is 2.52. The molecule has 198 valence electrons. The molecular formula is C28H41ClN4O3. The average molecular weight is 517 g/mol. The molecule has 1 aliphatic heterocycles. The molecule has 0 spiro atoms. The van der Waals surface area contributed by atoms with Crippen molar-refractivity contribution in [2.24, 2.45) is 11.8 Å². The monoisotopic (exact) mass is 516 g/mol. The molecule has 36 heavy (non-hydrogen) atoms. The number of piperazine rings is 1. The maximum atomic E-state index is 12.6. The van der Waals surface area contributed by atoms with Crippen molar-refractivity contribution in [3.63, 3.8) is 0 Å². The molecule has 8 heteroatoms. The first-order valence-corrected chi connectivity index (χ1v) is 14.3. The smallest absolute Gasteiger partial charge is 0.220 e. The predicted octanol–water partition coefficient (Wildman–Crippen LogP) is 5.26. The second-order valence-corrected chi connectivity index (χ2v) is 11.6. The zero-order valence-electron chi connectivity index (χ0n) is 21.6. The van der Waals surface area contributed by atoms with Crippen LogP contribution in [0.4, 0.5) is 5.82 Å². The predicted molar refractivity (Wildman–Crippen MR) is 144 cm³/mol. The largest absolute Gasteiger partial charge is 0.381 e. The molecule has 1 aromatic carbocycles. The van der Waals surface area contributed by atoms with Gasteiger partial charge in [-0.15, -0.1) is 0 Å². The third-order valence-electron chi connectivity index (χ3n) is 8.75. The summed E-state index contributed by atoms with van der Waals surface area (Å²) in [4.78, 5) is 17.5. The van der Waals surface area contributed by atoms with E-state index in [1.807, 2.05) is 18.2 Å². The number of aromatic nitrogens is 1. The first kappa shape index (κ1) is 25.8. The number of hydrogen-bond donors (Lipinski definition) is 1. The molecule has 2 heterocycles. The summed E-state index contributed by atoms with van der Waals surface area (Å²) < 4.78 is 11.0. The van der Waals surface area contributed by atoms with Crippen molar-refractivity contribution >= 4 is 34.3 Å². The Bertz CT molecular complexity index is 990. The van der Waals surface area contributed by atoms with Crippen LogP contribution in [0.1, 0.15) is 64.2 Å². The van der Waals surface area contributed by atoms with Crippen LogP contribution in [0.3, 0.4) is 0 Å². The minimum atomic E-state index is 0.264. The van der Waals surface area contributed by atoms with E-state index in [1.165, 1.54) is 19.3 Å². The average Bonchev–Trinajstić information content (AvgIpc) is 3.32. The van der Waals surface area contributed by atoms with Gasteiger partial charge in [-0.1, -0.05) is 16.8 Å². The second-order valence-electron chi connectivity index (χ2n) is 11.1. The van der Waals surface area contributed by atoms with Crippen LogP contribution in [0, 0.1) is 11.8 Å². The van der Waals surface area contributed by atoms with Gasteiger partial charge in [-0.25, -0.2) is 0 Å². The Morgan fingerprint density at radius 1 is 1.06 bits per heavy atom. The summed E-state index contributed by atoms with van der Waals surface area (Å²) in [5, 5.41) is 9.36. The number of amides is 1. The number of fused-ring (bicyclic) bond motifs is 1. The fraction of sp³-hybridized carbons (Fsp3) is 0.714. The van der Waals surface area contributed by atoms with Crippen LogP contribution in [-0.4, -0.2) is 67.9 Å². The van der Waals surface area contributed by atoms with Gasteiger partial charge in [0.25, 0.3) is 0 Å². The van der Waals surface area contributed by atoms with Crippen LogP contribution in [0.25, 0.3) is 11.0 Å². The van der Waals surface area contributed by atoms with Crippen LogP contribution < -0.4 is 10.2 Å². The first-order chi connectivity index (χ1) is 17.6. The SMILES string of the molecule is COC1CCC(CC(=O)N[C@H]2CC[C@H](CCN3CCN(c4noc5cc(Cl)ccc45)CC3)CC2)CC1. The molecule has 0 radical (unpaired) electrons. The number of rotatable bonds is 8. The summed E-state index contributed by atoms with van der Waals surface area (Å²) in [5.41, 5.74) is 0.751. The van der Waals surface area contributed by atoms with Gasteiger partial charge in [0.1, 0.15) is 0 Å². The van der Waals surface area contributed by atoms with E-state index in [0.29, 0.717) is 29.5 Å². The van der Waals surface area contributed by atoms with Gasteiger partial charge >= 0.3 is 0 Å². The van der Waals surface area contributed by atoms with E-state index >= 15 is 0 Å². The summed E-state index contributed by atoms with van der Waals surface area (Å²) >= 11 is 6.08. The van der Waals surface area contributed by atoms with Gasteiger partial charge in [0, 0.05) is 56.8 Å². The summed E-state index contributed by atoms with van der Waals surface area (Å²) in [7, 11) is 1.80. The van der Waals surface area contributed by atoms with Crippen LogP contribution in [0.2, 0.25) is 5.02 Å². The topological polar surface area (TPSA) is 70.8 Å². The van der Waals surface area contributed by atoms with Crippen molar-refractivity contribution < 1.29 is 14.1 Å². The fourth-order valence-electron chi connectivity index (χ4n) is 6.39. The Balaban J connectivity index is 0.973. The standard InChI is InChI=1S/C28H41ClN4O3/c1-35-24-9-4-21(5-10-24)18-27(34)30-23-7-2-20(3-8-23)12-13-32-14-16-33(17-15-32)28-25-11-6-22(29)19-26(25)36-31-28/h6,11,19-21,23-24H,2-5,7-10,12-18H2,1H3,(H,30,34)/t20-,21?,23-,24?. The Morgan fingerprint density at radius 3 is 2.50 bits per heavy atom. The maximum absolute atomic E-state index is 12.6. The zero-order chi connectivity index (χ0) is 24.9. The molecule has 0 atom stereocenters. The molecular weight excluding hydrogens is 476 g/mol. The lowest BCUT2D eigenvalue weighted by Crippen LogP contribution is -2.47. The van der Waals surface area contributed by atoms with Crippen LogP contribution in [0.5, 0.6) is 0 Å². The molecule has 0 unspecified atom stereocenters. The highest BCUT2D eigenvalue weighted by Gasteiger charge is 2.27. The van der Waals surface area contributed by atoms with E-state index in [0.717, 1.165) is 94.0 Å². The third-order valence-corrected chi connectivity index (χ3v) is 8.99. The van der Waals surface area contributed by atoms with Gasteiger partial charge in [0.2, 0.25) is 5.91 Å². The molecule has 2 aliphatic carbocycles. The minimum Gasteiger partial charge on any atom is -0.381 e. The molecule has 3 aliphatic rings. The zero-order valence-corrected chi connectivity index (χ0v) is 22.3. The highest BCUT2D eigenvalue weighted by atomic mass is 35.5. The van der Waals surface area contributed by atoms with Gasteiger partial charge in [-0.3, -0.25) is 9.69 Å². The number of methoxy groups -OCH3 is 1. The number of ether oxygens (including phenoxy) is 1. The van der Waals surface area contributed by atoms with Gasteiger partial charge < -0.3 is 19.5 Å². The normalized spacial score (nSPS) is 27.9. The first-order valence-electron chi connectivity index (χ1n) is 13.9. The molecule has 2 saturated carbocycles. The number of carbonyl (C=O) groups is 1. The van der Waals surface area contributed by atoms with E-state index in [1.54, 1.807) is 7.11 Å². The second kappa shape index (κ2) is 12.1. The van der Waals surface area contributed by atoms with Crippen molar-refractivity contribution in [1.29, 1.82) is 0 Å². The summed E-state index contributed by atoms with van der Waals surface area (Å²) in [6.45, 7) is 5.21. The fourth-order valence-corrected chi connectivity index (χ4v) is 6.55. The Labute approximate surface area is 219 Å². The van der Waals surface area contributed by atoms with Crippen molar-refractivity contribution in [1.82, 2.24) is 15.4 Å². The van der Waals surface area contributed by atoms with E-state index in [4.69, 9.17) is 20.9 Å². The Kier molecular flexibility index (Phi) is 8.70. The number of benzene rings is 1. The lowest BCUT2D eigenvalue weighted by molar-refractivity contribution is -0.123. The number of nitrogens with zero attached hydrogens (tertiary/aromatic N) is 3. The van der Waals surface area contributed by atoms with E-state index in [2.05, 4.69) is 20.3 Å². The molecule has 1 N–H and O–H groups in total. The highest BCUT2D eigenvalue weighted by Crippen LogP contribution is 2.31. The highest BCUT2D eigenvalue weighted by molar-refractivity contribution is 6.31. The number of nitrogens with one attached hydrogen (secondary N) is 1. The van der Waals surface area contributed by atoms with E-state index in [-0.39, 0.29) is 5.91 Å². The minimum absolute atomic E-state index is 0.264. The Morgan fingerprint density at radius 2 is 1.78 bits per heavy atom. The summed E-state index contributed by atoms with van der Waals surface area (Å²) in [6, 6.07) is 6.11. The Hall–Kier alpha value is -1.83. The molecule has 1 aromatic heterocycles. The molecule has 2 aromatic rings. The lowest BCUT2D eigenvalue weighted by atomic mass is 9.83. The van der Waals surface area contributed by atoms with Crippen molar-refractivity contribution in [2.45, 2.75) is 76.4 Å². The van der Waals surface area contributed by atoms with Crippen LogP contribution in [-0.2, 0) is 9.53 Å². The van der Waals surface area contributed by atoms with Gasteiger partial charge in [-0.2, -0.15) is 0 Å². The number of halogens is 1. The summed E-state index contributed by atoms with van der Waals surface area (Å²) in [6.07, 6.45) is 11.5. The molecule has 3 fully saturated rings. The van der Waals surface area contributed by atoms with Crippen LogP contribution in [0.15, 0.2) is 22.7 Å². The van der Waals surface area contributed by atoms with Crippen molar-refractivity contribution in [3.8, 4) is 0 Å². The van der Waals surface area contributed by atoms with Crippen molar-refractivity contribution in [3.05, 3.63) is 23.2 Å². The van der Waals surface area contributed by atoms with Gasteiger partial charge in [0.15, 0.2) is 11.4 Å². The number of carbonyl (C=O) groups excluding carboxylic acids is 1. The molecule has 5 rings (SSSR count). The van der Waals surface area contributed by atoms with Crippen molar-refractivity contribution in [2.75, 3.05) is 44.7 Å². The van der Waals surface area contributed by atoms with Gasteiger partial charge in [0.05, 0.1) is 11.5 Å². The van der Waals surface area contributed by atoms with E-state index in [9.17, 15) is 4.79 Å². The molecule has 0 bridgehead atoms. The van der Waals surface area contributed by atoms with E-state index < -0.39 is 0 Å². The van der Waals surface area contributed by atoms with Crippen LogP contribution >= 0.6 is 11.6 Å². The van der Waals surface area contributed by atoms with Gasteiger partial charge in [-0.05, 0) is 88.3 Å². The molecule has 1 amide bonds.